The van der Waals surface area contributed by atoms with E-state index in [1.165, 1.54) is 5.56 Å². The van der Waals surface area contributed by atoms with E-state index in [1.54, 1.807) is 12.4 Å². The van der Waals surface area contributed by atoms with Crippen LogP contribution >= 0.6 is 24.8 Å². The lowest BCUT2D eigenvalue weighted by atomic mass is 9.88. The summed E-state index contributed by atoms with van der Waals surface area (Å²) in [6.45, 7) is 1.51. The highest BCUT2D eigenvalue weighted by Gasteiger charge is 2.33. The summed E-state index contributed by atoms with van der Waals surface area (Å²) < 4.78 is 5.73. The Balaban J connectivity index is 0.00000150. The molecular formula is C22H23Cl2N3O2. The molecule has 0 bridgehead atoms. The second-order valence-corrected chi connectivity index (χ2v) is 6.59. The Morgan fingerprint density at radius 1 is 0.931 bits per heavy atom. The fourth-order valence-corrected chi connectivity index (χ4v) is 3.39. The Morgan fingerprint density at radius 2 is 1.69 bits per heavy atom. The van der Waals surface area contributed by atoms with Gasteiger partial charge >= 0.3 is 0 Å². The van der Waals surface area contributed by atoms with Gasteiger partial charge in [-0.2, -0.15) is 0 Å². The molecule has 4 rings (SSSR count). The van der Waals surface area contributed by atoms with Crippen LogP contribution in [0.1, 0.15) is 11.5 Å². The third-order valence-electron chi connectivity index (χ3n) is 4.77. The van der Waals surface area contributed by atoms with Crippen molar-refractivity contribution in [2.75, 3.05) is 18.4 Å². The van der Waals surface area contributed by atoms with Gasteiger partial charge in [-0.05, 0) is 42.0 Å². The number of carbonyl (C=O) groups excluding carboxylic acids is 1. The number of hydrogen-bond donors (Lipinski definition) is 2. The van der Waals surface area contributed by atoms with E-state index in [4.69, 9.17) is 4.74 Å². The molecule has 0 saturated carbocycles. The van der Waals surface area contributed by atoms with Gasteiger partial charge in [-0.3, -0.25) is 9.78 Å². The molecule has 152 valence electrons. The zero-order chi connectivity index (χ0) is 18.5. The molecule has 7 heteroatoms. The normalized spacial score (nSPS) is 17.5. The van der Waals surface area contributed by atoms with Crippen LogP contribution in [0.3, 0.4) is 0 Å². The fraction of sp³-hybridized carbons (Fsp3) is 0.182. The first-order valence-electron chi connectivity index (χ1n) is 9.04. The van der Waals surface area contributed by atoms with Gasteiger partial charge in [-0.15, -0.1) is 24.8 Å². The zero-order valence-electron chi connectivity index (χ0n) is 15.7. The molecule has 1 saturated heterocycles. The van der Waals surface area contributed by atoms with Crippen LogP contribution in [0, 0.1) is 5.92 Å². The van der Waals surface area contributed by atoms with E-state index in [-0.39, 0.29) is 42.6 Å². The van der Waals surface area contributed by atoms with Crippen molar-refractivity contribution in [1.29, 1.82) is 0 Å². The molecule has 1 amide bonds. The molecule has 2 heterocycles. The van der Waals surface area contributed by atoms with Gasteiger partial charge in [0.2, 0.25) is 5.91 Å². The molecule has 2 N–H and O–H groups in total. The largest absolute Gasteiger partial charge is 0.456 e. The maximum Gasteiger partial charge on any atom is 0.229 e. The monoisotopic (exact) mass is 431 g/mol. The van der Waals surface area contributed by atoms with E-state index in [9.17, 15) is 4.79 Å². The van der Waals surface area contributed by atoms with Crippen molar-refractivity contribution in [3.63, 3.8) is 0 Å². The van der Waals surface area contributed by atoms with Gasteiger partial charge in [0.15, 0.2) is 0 Å². The standard InChI is InChI=1S/C22H21N3O2.2ClH/c26-22(21-15-24-14-20(21)16-5-2-1-3-6-16)25-17-8-10-18(11-9-17)27-19-7-4-12-23-13-19;;/h1-13,20-21,24H,14-15H2,(H,25,26);2*1H/t20-,21+;;/m1../s1. The number of nitrogens with zero attached hydrogens (tertiary/aromatic N) is 1. The summed E-state index contributed by atoms with van der Waals surface area (Å²) in [5.74, 6) is 1.52. The van der Waals surface area contributed by atoms with Gasteiger partial charge in [-0.25, -0.2) is 0 Å². The van der Waals surface area contributed by atoms with E-state index < -0.39 is 0 Å². The molecule has 1 aromatic heterocycles. The number of aromatic nitrogens is 1. The molecule has 29 heavy (non-hydrogen) atoms. The van der Waals surface area contributed by atoms with Crippen LogP contribution < -0.4 is 15.4 Å². The van der Waals surface area contributed by atoms with Crippen LogP contribution in [0.25, 0.3) is 0 Å². The van der Waals surface area contributed by atoms with Crippen molar-refractivity contribution in [2.45, 2.75) is 5.92 Å². The van der Waals surface area contributed by atoms with Gasteiger partial charge in [0.25, 0.3) is 0 Å². The average Bonchev–Trinajstić information content (AvgIpc) is 3.21. The van der Waals surface area contributed by atoms with Crippen LogP contribution in [-0.2, 0) is 4.79 Å². The van der Waals surface area contributed by atoms with E-state index in [0.29, 0.717) is 18.0 Å². The molecule has 1 aliphatic rings. The Kier molecular flexibility index (Phi) is 8.46. The molecule has 5 nitrogen and oxygen atoms in total. The minimum absolute atomic E-state index is 0. The van der Waals surface area contributed by atoms with Crippen molar-refractivity contribution in [3.05, 3.63) is 84.7 Å². The first-order valence-corrected chi connectivity index (χ1v) is 9.04. The van der Waals surface area contributed by atoms with Crippen LogP contribution in [0.5, 0.6) is 11.5 Å². The second kappa shape index (κ2) is 10.8. The molecule has 3 aromatic rings. The number of carbonyl (C=O) groups is 1. The summed E-state index contributed by atoms with van der Waals surface area (Å²) in [5, 5.41) is 6.37. The number of pyridine rings is 1. The van der Waals surface area contributed by atoms with Gasteiger partial charge in [0, 0.05) is 30.9 Å². The van der Waals surface area contributed by atoms with Gasteiger partial charge in [-0.1, -0.05) is 30.3 Å². The third-order valence-corrected chi connectivity index (χ3v) is 4.77. The van der Waals surface area contributed by atoms with Crippen LogP contribution in [0.2, 0.25) is 0 Å². The molecule has 2 aromatic carbocycles. The molecule has 0 unspecified atom stereocenters. The molecule has 0 radical (unpaired) electrons. The summed E-state index contributed by atoms with van der Waals surface area (Å²) in [6.07, 6.45) is 3.36. The number of ether oxygens (including phenoxy) is 1. The minimum atomic E-state index is -0.0845. The van der Waals surface area contributed by atoms with Crippen molar-refractivity contribution >= 4 is 36.4 Å². The van der Waals surface area contributed by atoms with E-state index >= 15 is 0 Å². The summed E-state index contributed by atoms with van der Waals surface area (Å²) in [7, 11) is 0. The second-order valence-electron chi connectivity index (χ2n) is 6.59. The third kappa shape index (κ3) is 5.70. The lowest BCUT2D eigenvalue weighted by Crippen LogP contribution is -2.28. The number of anilines is 1. The maximum atomic E-state index is 12.8. The SMILES string of the molecule is Cl.Cl.O=C(Nc1ccc(Oc2cccnc2)cc1)[C@H]1CNC[C@@H]1c1ccccc1. The van der Waals surface area contributed by atoms with Crippen molar-refractivity contribution < 1.29 is 9.53 Å². The Morgan fingerprint density at radius 3 is 2.38 bits per heavy atom. The number of rotatable bonds is 5. The first kappa shape index (κ1) is 22.7. The smallest absolute Gasteiger partial charge is 0.229 e. The quantitative estimate of drug-likeness (QED) is 0.616. The summed E-state index contributed by atoms with van der Waals surface area (Å²) in [6, 6.07) is 21.2. The van der Waals surface area contributed by atoms with Gasteiger partial charge in [0.1, 0.15) is 11.5 Å². The van der Waals surface area contributed by atoms with Crippen LogP contribution in [0.4, 0.5) is 5.69 Å². The number of nitrogens with one attached hydrogen (secondary N) is 2. The lowest BCUT2D eigenvalue weighted by molar-refractivity contribution is -0.119. The predicted molar refractivity (Wildman–Crippen MR) is 119 cm³/mol. The van der Waals surface area contributed by atoms with Crippen molar-refractivity contribution in [3.8, 4) is 11.5 Å². The number of amides is 1. The van der Waals surface area contributed by atoms with Crippen LogP contribution in [-0.4, -0.2) is 24.0 Å². The molecular weight excluding hydrogens is 409 g/mol. The Bertz CT molecular complexity index is 893. The number of hydrogen-bond acceptors (Lipinski definition) is 4. The highest BCUT2D eigenvalue weighted by molar-refractivity contribution is 5.93. The van der Waals surface area contributed by atoms with E-state index in [2.05, 4.69) is 27.8 Å². The number of halogens is 2. The zero-order valence-corrected chi connectivity index (χ0v) is 17.3. The van der Waals surface area contributed by atoms with Crippen LogP contribution in [0.15, 0.2) is 79.1 Å². The summed E-state index contributed by atoms with van der Waals surface area (Å²) in [5.41, 5.74) is 1.96. The highest BCUT2D eigenvalue weighted by atomic mass is 35.5. The maximum absolute atomic E-state index is 12.8. The molecule has 0 aliphatic carbocycles. The molecule has 0 spiro atoms. The Labute approximate surface area is 182 Å². The topological polar surface area (TPSA) is 63.2 Å². The van der Waals surface area contributed by atoms with Gasteiger partial charge < -0.3 is 15.4 Å². The minimum Gasteiger partial charge on any atom is -0.456 e. The summed E-state index contributed by atoms with van der Waals surface area (Å²) >= 11 is 0. The average molecular weight is 432 g/mol. The van der Waals surface area contributed by atoms with Crippen molar-refractivity contribution in [2.24, 2.45) is 5.92 Å². The highest BCUT2D eigenvalue weighted by Crippen LogP contribution is 2.29. The summed E-state index contributed by atoms with van der Waals surface area (Å²) in [4.78, 5) is 16.8. The predicted octanol–water partition coefficient (Wildman–Crippen LogP) is 4.66. The molecule has 2 atom stereocenters. The van der Waals surface area contributed by atoms with Gasteiger partial charge in [0.05, 0.1) is 12.1 Å². The lowest BCUT2D eigenvalue weighted by Gasteiger charge is -2.18. The first-order chi connectivity index (χ1) is 13.3. The fourth-order valence-electron chi connectivity index (χ4n) is 3.39. The van der Waals surface area contributed by atoms with E-state index in [1.807, 2.05) is 54.6 Å². The van der Waals surface area contributed by atoms with Crippen molar-refractivity contribution in [1.82, 2.24) is 10.3 Å². The molecule has 1 fully saturated rings. The number of benzene rings is 2. The van der Waals surface area contributed by atoms with E-state index in [0.717, 1.165) is 12.2 Å². The Hall–Kier alpha value is -2.60. The molecule has 1 aliphatic heterocycles.